The predicted molar refractivity (Wildman–Crippen MR) is 128 cm³/mol. The van der Waals surface area contributed by atoms with Crippen molar-refractivity contribution in [2.24, 2.45) is 0 Å². The molecule has 2 aromatic carbocycles. The van der Waals surface area contributed by atoms with Crippen molar-refractivity contribution in [1.82, 2.24) is 0 Å². The summed E-state index contributed by atoms with van der Waals surface area (Å²) in [7, 11) is 0. The zero-order valence-electron chi connectivity index (χ0n) is 12.8. The first-order valence-electron chi connectivity index (χ1n) is 6.91. The number of hydrogen-bond acceptors (Lipinski definition) is 6. The Bertz CT molecular complexity index is 750. The van der Waals surface area contributed by atoms with E-state index in [0.29, 0.717) is 25.4 Å². The molecule has 0 aliphatic rings. The minimum absolute atomic E-state index is 0.0924. The molecule has 6 nitrogen and oxygen atoms in total. The Morgan fingerprint density at radius 3 is 1.23 bits per heavy atom. The smallest absolute Gasteiger partial charge is 0.338 e. The van der Waals surface area contributed by atoms with E-state index >= 15 is 0 Å². The maximum Gasteiger partial charge on any atom is 0.338 e. The van der Waals surface area contributed by atoms with E-state index in [0.717, 1.165) is 0 Å². The van der Waals surface area contributed by atoms with Crippen LogP contribution < -0.4 is 0 Å². The first-order valence-corrected chi connectivity index (χ1v) is 11.2. The molecule has 26 heavy (non-hydrogen) atoms. The van der Waals surface area contributed by atoms with Crippen molar-refractivity contribution in [2.45, 2.75) is 0 Å². The molecule has 0 unspecified atom stereocenters. The van der Waals surface area contributed by atoms with Gasteiger partial charge in [-0.2, -0.15) is 0 Å². The molecular formula is C16H10I4O6. The zero-order chi connectivity index (χ0) is 19.4. The Morgan fingerprint density at radius 1 is 0.692 bits per heavy atom. The highest BCUT2D eigenvalue weighted by Crippen LogP contribution is 2.28. The van der Waals surface area contributed by atoms with Gasteiger partial charge in [-0.1, -0.05) is 0 Å². The van der Waals surface area contributed by atoms with Crippen molar-refractivity contribution in [3.8, 4) is 11.5 Å². The fourth-order valence-electron chi connectivity index (χ4n) is 1.80. The molecule has 0 spiro atoms. The molecule has 0 atom stereocenters. The molecular weight excluding hydrogens is 796 g/mol. The van der Waals surface area contributed by atoms with Crippen LogP contribution in [0.2, 0.25) is 0 Å². The summed E-state index contributed by atoms with van der Waals surface area (Å²) >= 11 is 7.70. The number of ether oxygens (including phenoxy) is 2. The van der Waals surface area contributed by atoms with E-state index in [-0.39, 0.29) is 24.7 Å². The minimum Gasteiger partial charge on any atom is -0.506 e. The van der Waals surface area contributed by atoms with Crippen LogP contribution in [0.3, 0.4) is 0 Å². The van der Waals surface area contributed by atoms with Crippen LogP contribution in [0.25, 0.3) is 0 Å². The van der Waals surface area contributed by atoms with Gasteiger partial charge in [-0.25, -0.2) is 9.59 Å². The summed E-state index contributed by atoms with van der Waals surface area (Å²) in [5.41, 5.74) is 0.621. The third kappa shape index (κ3) is 5.70. The lowest BCUT2D eigenvalue weighted by molar-refractivity contribution is 0.0265. The largest absolute Gasteiger partial charge is 0.506 e. The average molecular weight is 806 g/mol. The normalized spacial score (nSPS) is 10.5. The van der Waals surface area contributed by atoms with Gasteiger partial charge in [0.2, 0.25) is 0 Å². The van der Waals surface area contributed by atoms with E-state index in [4.69, 9.17) is 9.47 Å². The van der Waals surface area contributed by atoms with Gasteiger partial charge in [0.1, 0.15) is 24.7 Å². The summed E-state index contributed by atoms with van der Waals surface area (Å²) in [4.78, 5) is 24.0. The van der Waals surface area contributed by atoms with Gasteiger partial charge >= 0.3 is 11.9 Å². The molecule has 2 N–H and O–H groups in total. The topological polar surface area (TPSA) is 93.1 Å². The number of halogens is 4. The Balaban J connectivity index is 1.88. The Hall–Kier alpha value is -0.1000. The Labute approximate surface area is 203 Å². The maximum atomic E-state index is 12.0. The van der Waals surface area contributed by atoms with Crippen molar-refractivity contribution < 1.29 is 29.3 Å². The van der Waals surface area contributed by atoms with Gasteiger partial charge in [-0.3, -0.25) is 0 Å². The van der Waals surface area contributed by atoms with Crippen LogP contribution in [-0.2, 0) is 9.47 Å². The third-order valence-corrected chi connectivity index (χ3v) is 6.34. The molecule has 0 saturated heterocycles. The van der Waals surface area contributed by atoms with Gasteiger partial charge in [-0.15, -0.1) is 0 Å². The summed E-state index contributed by atoms with van der Waals surface area (Å²) in [5.74, 6) is -0.888. The van der Waals surface area contributed by atoms with Crippen LogP contribution in [0.4, 0.5) is 0 Å². The molecule has 0 heterocycles. The highest BCUT2D eigenvalue weighted by atomic mass is 127. The van der Waals surface area contributed by atoms with Crippen molar-refractivity contribution in [2.75, 3.05) is 13.2 Å². The predicted octanol–water partition coefficient (Wildman–Crippen LogP) is 4.53. The molecule has 0 aliphatic heterocycles. The van der Waals surface area contributed by atoms with Crippen LogP contribution in [0.15, 0.2) is 24.3 Å². The van der Waals surface area contributed by atoms with Crippen LogP contribution >= 0.6 is 90.4 Å². The van der Waals surface area contributed by atoms with Crippen molar-refractivity contribution in [3.63, 3.8) is 0 Å². The van der Waals surface area contributed by atoms with E-state index in [1.165, 1.54) is 24.3 Å². The number of hydrogen-bond donors (Lipinski definition) is 2. The zero-order valence-corrected chi connectivity index (χ0v) is 21.4. The molecule has 0 aromatic heterocycles. The second-order valence-electron chi connectivity index (χ2n) is 4.85. The summed E-state index contributed by atoms with van der Waals surface area (Å²) in [6, 6.07) is 6.08. The fraction of sp³-hybridized carbons (Fsp3) is 0.125. The lowest BCUT2D eigenvalue weighted by atomic mass is 10.2. The van der Waals surface area contributed by atoms with Gasteiger partial charge < -0.3 is 19.7 Å². The fourth-order valence-corrected chi connectivity index (χ4v) is 5.34. The Kier molecular flexibility index (Phi) is 8.45. The van der Waals surface area contributed by atoms with Crippen LogP contribution in [0.5, 0.6) is 11.5 Å². The third-order valence-electron chi connectivity index (χ3n) is 3.05. The molecule has 0 bridgehead atoms. The maximum absolute atomic E-state index is 12.0. The second-order valence-corrected chi connectivity index (χ2v) is 9.50. The van der Waals surface area contributed by atoms with Gasteiger partial charge in [-0.05, 0) is 115 Å². The number of carbonyl (C=O) groups is 2. The Morgan fingerprint density at radius 2 is 0.962 bits per heavy atom. The molecule has 2 aromatic rings. The summed E-state index contributed by atoms with van der Waals surface area (Å²) in [6.45, 7) is -0.185. The molecule has 138 valence electrons. The molecule has 2 rings (SSSR count). The van der Waals surface area contributed by atoms with E-state index in [2.05, 4.69) is 0 Å². The first kappa shape index (κ1) is 22.2. The SMILES string of the molecule is O=C(OCCOC(=O)c1cc(I)c(O)c(I)c1)c1cc(I)c(O)c(I)c1. The van der Waals surface area contributed by atoms with Crippen molar-refractivity contribution in [3.05, 3.63) is 49.7 Å². The van der Waals surface area contributed by atoms with E-state index in [9.17, 15) is 19.8 Å². The van der Waals surface area contributed by atoms with Gasteiger partial charge in [0.05, 0.1) is 25.4 Å². The molecule has 0 saturated carbocycles. The molecule has 0 aliphatic carbocycles. The lowest BCUT2D eigenvalue weighted by Gasteiger charge is -2.09. The minimum atomic E-state index is -0.564. The standard InChI is InChI=1S/C16H10I4O6/c17-9-3-7(4-10(18)13(9)21)15(23)25-1-2-26-16(24)8-5-11(19)14(22)12(20)6-8/h3-6,21-22H,1-2H2. The molecule has 0 fully saturated rings. The molecule has 10 heteroatoms. The number of carbonyl (C=O) groups excluding carboxylic acids is 2. The van der Waals surface area contributed by atoms with Crippen LogP contribution in [0.1, 0.15) is 20.7 Å². The van der Waals surface area contributed by atoms with Gasteiger partial charge in [0.25, 0.3) is 0 Å². The van der Waals surface area contributed by atoms with E-state index in [1.807, 2.05) is 90.4 Å². The highest BCUT2D eigenvalue weighted by Gasteiger charge is 2.15. The monoisotopic (exact) mass is 806 g/mol. The number of aromatic hydroxyl groups is 2. The number of phenolic OH excluding ortho intramolecular Hbond substituents is 2. The first-order chi connectivity index (χ1) is 12.2. The van der Waals surface area contributed by atoms with E-state index < -0.39 is 11.9 Å². The van der Waals surface area contributed by atoms with Gasteiger partial charge in [0.15, 0.2) is 0 Å². The number of phenols is 2. The summed E-state index contributed by atoms with van der Waals surface area (Å²) in [5, 5.41) is 19.4. The van der Waals surface area contributed by atoms with Gasteiger partial charge in [0, 0.05) is 0 Å². The molecule has 0 amide bonds. The highest BCUT2D eigenvalue weighted by molar-refractivity contribution is 14.1. The van der Waals surface area contributed by atoms with Crippen LogP contribution in [-0.4, -0.2) is 35.4 Å². The number of rotatable bonds is 5. The number of benzene rings is 2. The summed E-state index contributed by atoms with van der Waals surface area (Å²) in [6.07, 6.45) is 0. The second kappa shape index (κ2) is 9.90. The quantitative estimate of drug-likeness (QED) is 0.263. The lowest BCUT2D eigenvalue weighted by Crippen LogP contribution is -2.14. The van der Waals surface area contributed by atoms with Crippen molar-refractivity contribution >= 4 is 102 Å². The van der Waals surface area contributed by atoms with E-state index in [1.54, 1.807) is 0 Å². The number of esters is 2. The summed E-state index contributed by atoms with van der Waals surface area (Å²) < 4.78 is 12.3. The van der Waals surface area contributed by atoms with Crippen LogP contribution in [0, 0.1) is 14.3 Å². The average Bonchev–Trinajstić information content (AvgIpc) is 2.59. The van der Waals surface area contributed by atoms with Crippen molar-refractivity contribution in [1.29, 1.82) is 0 Å². The molecule has 0 radical (unpaired) electrons.